The van der Waals surface area contributed by atoms with Gasteiger partial charge in [-0.2, -0.15) is 0 Å². The molecule has 1 heterocycles. The van der Waals surface area contributed by atoms with Crippen molar-refractivity contribution in [3.8, 4) is 0 Å². The molecule has 1 aliphatic heterocycles. The lowest BCUT2D eigenvalue weighted by Crippen LogP contribution is -2.48. The molecule has 0 N–H and O–H groups in total. The molecule has 0 spiro atoms. The number of hydrogen-bond acceptors (Lipinski definition) is 3. The van der Waals surface area contributed by atoms with E-state index in [4.69, 9.17) is 0 Å². The Bertz CT molecular complexity index is 819. The summed E-state index contributed by atoms with van der Waals surface area (Å²) in [7, 11) is 0. The summed E-state index contributed by atoms with van der Waals surface area (Å²) in [6.45, 7) is 4.19. The first kappa shape index (κ1) is 21.4. The number of benzene rings is 2. The maximum atomic E-state index is 13.0. The van der Waals surface area contributed by atoms with Crippen LogP contribution in [0, 0.1) is 12.7 Å². The molecule has 2 amide bonds. The minimum Gasteiger partial charge on any atom is -0.342 e. The minimum absolute atomic E-state index is 0.0595. The number of carbonyl (C=O) groups excluding carboxylic acids is 2. The van der Waals surface area contributed by atoms with Gasteiger partial charge < -0.3 is 9.80 Å². The molecular formula is C23H27FN2O2S. The number of thioether (sulfide) groups is 1. The van der Waals surface area contributed by atoms with Crippen LogP contribution < -0.4 is 0 Å². The molecule has 1 saturated heterocycles. The van der Waals surface area contributed by atoms with Gasteiger partial charge in [-0.1, -0.05) is 30.3 Å². The zero-order valence-electron chi connectivity index (χ0n) is 16.7. The van der Waals surface area contributed by atoms with E-state index in [0.29, 0.717) is 31.9 Å². The van der Waals surface area contributed by atoms with Crippen molar-refractivity contribution in [3.05, 3.63) is 65.5 Å². The third-order valence-corrected chi connectivity index (χ3v) is 6.31. The number of aryl methyl sites for hydroxylation is 1. The Morgan fingerprint density at radius 1 is 1.10 bits per heavy atom. The van der Waals surface area contributed by atoms with Gasteiger partial charge in [-0.3, -0.25) is 9.59 Å². The Labute approximate surface area is 176 Å². The second-order valence-corrected chi connectivity index (χ2v) is 8.42. The fourth-order valence-corrected chi connectivity index (χ4v) is 4.14. The van der Waals surface area contributed by atoms with Crippen LogP contribution in [0.4, 0.5) is 4.39 Å². The molecule has 6 heteroatoms. The Morgan fingerprint density at radius 3 is 2.38 bits per heavy atom. The molecule has 0 radical (unpaired) electrons. The third-order valence-electron chi connectivity index (χ3n) is 5.15. The van der Waals surface area contributed by atoms with Crippen LogP contribution in [-0.4, -0.2) is 54.0 Å². The number of nitrogens with zero attached hydrogens (tertiary/aromatic N) is 2. The summed E-state index contributed by atoms with van der Waals surface area (Å²) in [6, 6.07) is 15.3. The van der Waals surface area contributed by atoms with Crippen molar-refractivity contribution in [1.29, 1.82) is 0 Å². The first-order chi connectivity index (χ1) is 14.1. The van der Waals surface area contributed by atoms with Gasteiger partial charge in [0.2, 0.25) is 12.3 Å². The van der Waals surface area contributed by atoms with E-state index < -0.39 is 0 Å². The fraction of sp³-hybridized carbons (Fsp3) is 0.391. The SMILES string of the molecule is Cc1cc(F)ccc1SCC(=O)N1CCN(C=O)CC1.c1ccc(C2CC2)cc1. The van der Waals surface area contributed by atoms with Crippen molar-refractivity contribution in [2.45, 2.75) is 30.6 Å². The standard InChI is InChI=1S/C14H17FN2O2S.C9H10/c1-11-8-12(15)2-3-13(11)20-9-14(19)17-6-4-16(10-18)5-7-17;1-2-4-8(5-3-1)9-6-7-9/h2-3,8,10H,4-7,9H2,1H3;1-5,9H,6-7H2. The number of piperazine rings is 1. The van der Waals surface area contributed by atoms with Gasteiger partial charge in [0.25, 0.3) is 0 Å². The van der Waals surface area contributed by atoms with Crippen molar-refractivity contribution in [2.24, 2.45) is 0 Å². The van der Waals surface area contributed by atoms with Gasteiger partial charge in [0, 0.05) is 31.1 Å². The minimum atomic E-state index is -0.261. The van der Waals surface area contributed by atoms with E-state index in [-0.39, 0.29) is 11.7 Å². The van der Waals surface area contributed by atoms with Crippen LogP contribution in [-0.2, 0) is 9.59 Å². The Kier molecular flexibility index (Phi) is 7.69. The van der Waals surface area contributed by atoms with Gasteiger partial charge in [0.05, 0.1) is 5.75 Å². The molecule has 1 aliphatic carbocycles. The molecule has 2 aromatic rings. The molecule has 2 fully saturated rings. The lowest BCUT2D eigenvalue weighted by Gasteiger charge is -2.32. The van der Waals surface area contributed by atoms with E-state index in [9.17, 15) is 14.0 Å². The summed E-state index contributed by atoms with van der Waals surface area (Å²) in [6.07, 6.45) is 3.63. The number of carbonyl (C=O) groups is 2. The molecule has 0 unspecified atom stereocenters. The van der Waals surface area contributed by atoms with Crippen molar-refractivity contribution in [1.82, 2.24) is 9.80 Å². The highest BCUT2D eigenvalue weighted by Gasteiger charge is 2.22. The van der Waals surface area contributed by atoms with Gasteiger partial charge in [-0.15, -0.1) is 11.8 Å². The van der Waals surface area contributed by atoms with E-state index in [1.54, 1.807) is 15.9 Å². The van der Waals surface area contributed by atoms with E-state index in [1.807, 2.05) is 6.92 Å². The number of halogens is 1. The fourth-order valence-electron chi connectivity index (χ4n) is 3.22. The van der Waals surface area contributed by atoms with Crippen LogP contribution in [0.15, 0.2) is 53.4 Å². The van der Waals surface area contributed by atoms with Gasteiger partial charge in [-0.25, -0.2) is 4.39 Å². The quantitative estimate of drug-likeness (QED) is 0.547. The first-order valence-corrected chi connectivity index (χ1v) is 11.0. The van der Waals surface area contributed by atoms with Crippen LogP contribution in [0.5, 0.6) is 0 Å². The summed E-state index contributed by atoms with van der Waals surface area (Å²) < 4.78 is 13.0. The molecule has 4 nitrogen and oxygen atoms in total. The number of amides is 2. The molecule has 4 rings (SSSR count). The van der Waals surface area contributed by atoms with Crippen molar-refractivity contribution >= 4 is 24.1 Å². The van der Waals surface area contributed by atoms with E-state index in [0.717, 1.165) is 22.8 Å². The summed E-state index contributed by atoms with van der Waals surface area (Å²) in [5, 5.41) is 0. The summed E-state index contributed by atoms with van der Waals surface area (Å²) in [5.74, 6) is 1.05. The molecule has 1 saturated carbocycles. The predicted molar refractivity (Wildman–Crippen MR) is 114 cm³/mol. The van der Waals surface area contributed by atoms with Crippen LogP contribution in [0.2, 0.25) is 0 Å². The zero-order valence-corrected chi connectivity index (χ0v) is 17.5. The summed E-state index contributed by atoms with van der Waals surface area (Å²) >= 11 is 1.42. The van der Waals surface area contributed by atoms with E-state index in [1.165, 1.54) is 42.3 Å². The Hall–Kier alpha value is -2.34. The number of rotatable bonds is 5. The highest BCUT2D eigenvalue weighted by atomic mass is 32.2. The van der Waals surface area contributed by atoms with E-state index >= 15 is 0 Å². The van der Waals surface area contributed by atoms with E-state index in [2.05, 4.69) is 30.3 Å². The molecule has 2 aromatic carbocycles. The average Bonchev–Trinajstić information content (AvgIpc) is 3.60. The van der Waals surface area contributed by atoms with Crippen LogP contribution in [0.25, 0.3) is 0 Å². The Balaban J connectivity index is 0.000000220. The molecule has 0 aromatic heterocycles. The van der Waals surface area contributed by atoms with Gasteiger partial charge in [0.1, 0.15) is 5.82 Å². The van der Waals surface area contributed by atoms with Gasteiger partial charge in [0.15, 0.2) is 0 Å². The molecule has 2 aliphatic rings. The first-order valence-electron chi connectivity index (χ1n) is 9.98. The highest BCUT2D eigenvalue weighted by Crippen LogP contribution is 2.39. The summed E-state index contributed by atoms with van der Waals surface area (Å²) in [4.78, 5) is 27.0. The van der Waals surface area contributed by atoms with Crippen molar-refractivity contribution in [2.75, 3.05) is 31.9 Å². The Morgan fingerprint density at radius 2 is 1.79 bits per heavy atom. The zero-order chi connectivity index (χ0) is 20.6. The lowest BCUT2D eigenvalue weighted by molar-refractivity contribution is -0.132. The second-order valence-electron chi connectivity index (χ2n) is 7.41. The molecule has 29 heavy (non-hydrogen) atoms. The average molecular weight is 415 g/mol. The van der Waals surface area contributed by atoms with Crippen LogP contribution in [0.3, 0.4) is 0 Å². The molecule has 0 atom stereocenters. The van der Waals surface area contributed by atoms with Crippen molar-refractivity contribution < 1.29 is 14.0 Å². The maximum absolute atomic E-state index is 13.0. The molecule has 154 valence electrons. The monoisotopic (exact) mass is 414 g/mol. The highest BCUT2D eigenvalue weighted by molar-refractivity contribution is 8.00. The molecule has 0 bridgehead atoms. The lowest BCUT2D eigenvalue weighted by atomic mass is 10.1. The summed E-state index contributed by atoms with van der Waals surface area (Å²) in [5.41, 5.74) is 2.37. The predicted octanol–water partition coefficient (Wildman–Crippen LogP) is 4.09. The van der Waals surface area contributed by atoms with Crippen molar-refractivity contribution in [3.63, 3.8) is 0 Å². The molecular weight excluding hydrogens is 387 g/mol. The second kappa shape index (κ2) is 10.4. The van der Waals surface area contributed by atoms with Crippen LogP contribution >= 0.6 is 11.8 Å². The smallest absolute Gasteiger partial charge is 0.233 e. The van der Waals surface area contributed by atoms with Crippen LogP contribution in [0.1, 0.15) is 29.9 Å². The topological polar surface area (TPSA) is 40.6 Å². The van der Waals surface area contributed by atoms with Gasteiger partial charge >= 0.3 is 0 Å². The maximum Gasteiger partial charge on any atom is 0.233 e. The van der Waals surface area contributed by atoms with Gasteiger partial charge in [-0.05, 0) is 55.0 Å². The third kappa shape index (κ3) is 6.60. The largest absolute Gasteiger partial charge is 0.342 e. The normalized spacial score (nSPS) is 16.1. The number of hydrogen-bond donors (Lipinski definition) is 0.